The third kappa shape index (κ3) is 2.73. The molecular weight excluding hydrogens is 260 g/mol. The molecule has 0 aliphatic heterocycles. The molecule has 2 aromatic rings. The maximum absolute atomic E-state index is 11.9. The van der Waals surface area contributed by atoms with E-state index in [1.165, 1.54) is 4.57 Å². The fourth-order valence-corrected chi connectivity index (χ4v) is 1.86. The zero-order valence-electron chi connectivity index (χ0n) is 11.5. The van der Waals surface area contributed by atoms with Gasteiger partial charge in [0.05, 0.1) is 0 Å². The van der Waals surface area contributed by atoms with Crippen molar-refractivity contribution in [2.24, 2.45) is 7.05 Å². The summed E-state index contributed by atoms with van der Waals surface area (Å²) in [4.78, 5) is 25.9. The van der Waals surface area contributed by atoms with Crippen LogP contribution in [0.2, 0.25) is 0 Å². The monoisotopic (exact) mass is 278 g/mol. The highest BCUT2D eigenvalue weighted by Gasteiger charge is 2.13. The van der Waals surface area contributed by atoms with Gasteiger partial charge in [0.15, 0.2) is 5.82 Å². The average molecular weight is 278 g/mol. The van der Waals surface area contributed by atoms with Crippen molar-refractivity contribution in [1.29, 1.82) is 0 Å². The van der Waals surface area contributed by atoms with Gasteiger partial charge in [0.2, 0.25) is 0 Å². The van der Waals surface area contributed by atoms with Gasteiger partial charge in [-0.2, -0.15) is 5.10 Å². The summed E-state index contributed by atoms with van der Waals surface area (Å²) in [5.41, 5.74) is 5.02. The van der Waals surface area contributed by atoms with Crippen molar-refractivity contribution in [2.75, 3.05) is 11.1 Å². The number of anilines is 3. The van der Waals surface area contributed by atoms with Crippen molar-refractivity contribution in [1.82, 2.24) is 19.3 Å². The van der Waals surface area contributed by atoms with E-state index < -0.39 is 11.2 Å². The topological polar surface area (TPSA) is 111 Å². The molecule has 0 aromatic carbocycles. The summed E-state index contributed by atoms with van der Waals surface area (Å²) in [6, 6.07) is 1.71. The van der Waals surface area contributed by atoms with Crippen LogP contribution in [0.1, 0.15) is 19.8 Å². The van der Waals surface area contributed by atoms with Crippen LogP contribution in [-0.2, 0) is 13.6 Å². The highest BCUT2D eigenvalue weighted by molar-refractivity contribution is 5.66. The van der Waals surface area contributed by atoms with Crippen LogP contribution in [-0.4, -0.2) is 19.3 Å². The fraction of sp³-hybridized carbons (Fsp3) is 0.417. The highest BCUT2D eigenvalue weighted by Crippen LogP contribution is 2.16. The molecule has 108 valence electrons. The second kappa shape index (κ2) is 5.64. The Morgan fingerprint density at radius 3 is 2.80 bits per heavy atom. The summed E-state index contributed by atoms with van der Waals surface area (Å²) >= 11 is 0. The third-order valence-corrected chi connectivity index (χ3v) is 2.94. The van der Waals surface area contributed by atoms with Gasteiger partial charge in [-0.05, 0) is 6.42 Å². The van der Waals surface area contributed by atoms with Gasteiger partial charge in [-0.25, -0.2) is 4.79 Å². The van der Waals surface area contributed by atoms with Crippen molar-refractivity contribution in [3.8, 4) is 0 Å². The van der Waals surface area contributed by atoms with Crippen molar-refractivity contribution in [3.63, 3.8) is 0 Å². The maximum atomic E-state index is 11.9. The molecule has 0 saturated heterocycles. The van der Waals surface area contributed by atoms with Gasteiger partial charge in [-0.3, -0.25) is 19.0 Å². The number of nitrogen functional groups attached to an aromatic ring is 1. The fourth-order valence-electron chi connectivity index (χ4n) is 1.86. The smallest absolute Gasteiger partial charge is 0.330 e. The predicted molar refractivity (Wildman–Crippen MR) is 77.1 cm³/mol. The van der Waals surface area contributed by atoms with Crippen molar-refractivity contribution in [2.45, 2.75) is 26.3 Å². The second-order valence-corrected chi connectivity index (χ2v) is 4.52. The molecule has 8 heteroatoms. The first-order valence-electron chi connectivity index (χ1n) is 6.42. The maximum Gasteiger partial charge on any atom is 0.330 e. The van der Waals surface area contributed by atoms with E-state index in [1.807, 2.05) is 6.92 Å². The van der Waals surface area contributed by atoms with Crippen molar-refractivity contribution >= 4 is 17.3 Å². The number of hydrogen-bond acceptors (Lipinski definition) is 5. The molecule has 0 bridgehead atoms. The van der Waals surface area contributed by atoms with Gasteiger partial charge >= 0.3 is 5.69 Å². The number of rotatable bonds is 5. The van der Waals surface area contributed by atoms with Gasteiger partial charge in [0, 0.05) is 25.9 Å². The van der Waals surface area contributed by atoms with Crippen LogP contribution in [0.5, 0.6) is 0 Å². The molecule has 0 aliphatic rings. The largest absolute Gasteiger partial charge is 0.383 e. The molecule has 2 rings (SSSR count). The summed E-state index contributed by atoms with van der Waals surface area (Å²) < 4.78 is 2.95. The van der Waals surface area contributed by atoms with E-state index >= 15 is 0 Å². The lowest BCUT2D eigenvalue weighted by atomic mass is 10.3. The Bertz CT molecular complexity index is 711. The Balaban J connectivity index is 2.42. The summed E-state index contributed by atoms with van der Waals surface area (Å²) in [5, 5.41) is 6.96. The molecule has 0 saturated carbocycles. The Morgan fingerprint density at radius 1 is 1.45 bits per heavy atom. The van der Waals surface area contributed by atoms with E-state index in [2.05, 4.69) is 15.4 Å². The molecular formula is C12H18N6O2. The second-order valence-electron chi connectivity index (χ2n) is 4.52. The van der Waals surface area contributed by atoms with Gasteiger partial charge in [0.25, 0.3) is 5.56 Å². The zero-order chi connectivity index (χ0) is 14.7. The molecule has 0 fully saturated rings. The van der Waals surface area contributed by atoms with E-state index in [9.17, 15) is 9.59 Å². The van der Waals surface area contributed by atoms with Crippen LogP contribution in [0.3, 0.4) is 0 Å². The van der Waals surface area contributed by atoms with Gasteiger partial charge in [-0.15, -0.1) is 0 Å². The van der Waals surface area contributed by atoms with E-state index in [1.54, 1.807) is 24.0 Å². The molecule has 0 radical (unpaired) electrons. The van der Waals surface area contributed by atoms with Crippen molar-refractivity contribution in [3.05, 3.63) is 33.1 Å². The number of aromatic nitrogens is 4. The predicted octanol–water partition coefficient (Wildman–Crippen LogP) is 0.396. The van der Waals surface area contributed by atoms with Crippen LogP contribution >= 0.6 is 0 Å². The molecule has 2 heterocycles. The first-order chi connectivity index (χ1) is 9.52. The van der Waals surface area contributed by atoms with E-state index in [0.717, 1.165) is 12.8 Å². The molecule has 0 amide bonds. The quantitative estimate of drug-likeness (QED) is 0.733. The first-order valence-corrected chi connectivity index (χ1v) is 6.42. The molecule has 4 N–H and O–H groups in total. The summed E-state index contributed by atoms with van der Waals surface area (Å²) in [5.74, 6) is 0.614. The Labute approximate surface area is 115 Å². The Kier molecular flexibility index (Phi) is 3.92. The minimum atomic E-state index is -0.550. The molecule has 20 heavy (non-hydrogen) atoms. The number of aryl methyl sites for hydroxylation is 1. The normalized spacial score (nSPS) is 10.7. The number of nitrogens with one attached hydrogen (secondary N) is 2. The summed E-state index contributed by atoms with van der Waals surface area (Å²) in [7, 11) is 1.76. The van der Waals surface area contributed by atoms with Crippen LogP contribution in [0.4, 0.5) is 17.3 Å². The third-order valence-electron chi connectivity index (χ3n) is 2.94. The standard InChI is InChI=1S/C12H18N6O2/c1-3-4-6-18-10(13)9(11(19)15-12(18)20)14-8-5-7-17(2)16-8/h5,7H,3-4,6,13H2,1-2H3,(H,14,16)(H,15,19,20). The van der Waals surface area contributed by atoms with Crippen LogP contribution in [0.15, 0.2) is 21.9 Å². The first kappa shape index (κ1) is 13.9. The number of hydrogen-bond donors (Lipinski definition) is 3. The molecule has 2 aromatic heterocycles. The molecule has 8 nitrogen and oxygen atoms in total. The van der Waals surface area contributed by atoms with Crippen molar-refractivity contribution < 1.29 is 0 Å². The summed E-state index contributed by atoms with van der Waals surface area (Å²) in [6.07, 6.45) is 3.47. The number of nitrogens with two attached hydrogens (primary N) is 1. The van der Waals surface area contributed by atoms with Gasteiger partial charge in [-0.1, -0.05) is 13.3 Å². The molecule has 0 aliphatic carbocycles. The lowest BCUT2D eigenvalue weighted by Crippen LogP contribution is -2.33. The molecule has 0 spiro atoms. The van der Waals surface area contributed by atoms with Crippen LogP contribution < -0.4 is 22.3 Å². The number of H-pyrrole nitrogens is 1. The number of aromatic amines is 1. The van der Waals surface area contributed by atoms with Gasteiger partial charge in [0.1, 0.15) is 11.5 Å². The minimum Gasteiger partial charge on any atom is -0.383 e. The Hall–Kier alpha value is -2.51. The number of unbranched alkanes of at least 4 members (excludes halogenated alkanes) is 1. The average Bonchev–Trinajstić information content (AvgIpc) is 2.80. The summed E-state index contributed by atoms with van der Waals surface area (Å²) in [6.45, 7) is 2.48. The number of nitrogens with zero attached hydrogens (tertiary/aromatic N) is 3. The van der Waals surface area contributed by atoms with Gasteiger partial charge < -0.3 is 11.1 Å². The van der Waals surface area contributed by atoms with E-state index in [-0.39, 0.29) is 11.5 Å². The lowest BCUT2D eigenvalue weighted by molar-refractivity contribution is 0.606. The lowest BCUT2D eigenvalue weighted by Gasteiger charge is -2.12. The van der Waals surface area contributed by atoms with E-state index in [4.69, 9.17) is 5.73 Å². The van der Waals surface area contributed by atoms with E-state index in [0.29, 0.717) is 12.4 Å². The van der Waals surface area contributed by atoms with Crippen LogP contribution in [0.25, 0.3) is 0 Å². The Morgan fingerprint density at radius 2 is 2.20 bits per heavy atom. The van der Waals surface area contributed by atoms with Crippen LogP contribution in [0, 0.1) is 0 Å². The molecule has 0 atom stereocenters. The SMILES string of the molecule is CCCCn1c(N)c(Nc2ccn(C)n2)c(=O)[nH]c1=O. The highest BCUT2D eigenvalue weighted by atomic mass is 16.2. The minimum absolute atomic E-state index is 0.123. The zero-order valence-corrected chi connectivity index (χ0v) is 11.5. The molecule has 0 unspecified atom stereocenters.